The molecule has 4 aromatic rings. The van der Waals surface area contributed by atoms with E-state index in [1.807, 2.05) is 47.3 Å². The van der Waals surface area contributed by atoms with Gasteiger partial charge in [-0.3, -0.25) is 14.2 Å². The van der Waals surface area contributed by atoms with Gasteiger partial charge in [0.25, 0.3) is 5.56 Å². The number of nitrogens with one attached hydrogen (secondary N) is 2. The number of rotatable bonds is 8. The highest BCUT2D eigenvalue weighted by atomic mass is 35.5. The van der Waals surface area contributed by atoms with Gasteiger partial charge in [-0.1, -0.05) is 6.92 Å². The zero-order valence-electron chi connectivity index (χ0n) is 21.6. The molecule has 0 aliphatic carbocycles. The van der Waals surface area contributed by atoms with Crippen LogP contribution in [0, 0.1) is 6.92 Å². The number of nitrogens with zero attached hydrogens (tertiary/aromatic N) is 5. The number of halogens is 2. The van der Waals surface area contributed by atoms with Crippen LogP contribution in [0.4, 0.5) is 0 Å². The number of aromatic nitrogens is 5. The molecule has 0 amide bonds. The van der Waals surface area contributed by atoms with Gasteiger partial charge < -0.3 is 43.9 Å². The second-order valence-electron chi connectivity index (χ2n) is 9.44. The monoisotopic (exact) mass is 547 g/mol. The van der Waals surface area contributed by atoms with Crippen LogP contribution in [0.5, 0.6) is 5.88 Å². The van der Waals surface area contributed by atoms with Crippen LogP contribution in [0.3, 0.4) is 0 Å². The molecule has 0 saturated carbocycles. The normalized spacial score (nSPS) is 17.4. The summed E-state index contributed by atoms with van der Waals surface area (Å²) in [4.78, 5) is 30.3. The van der Waals surface area contributed by atoms with Crippen LogP contribution in [-0.4, -0.2) is 63.8 Å². The Balaban J connectivity index is 0.00000190. The number of pyridine rings is 2. The molecule has 1 aliphatic heterocycles. The lowest BCUT2D eigenvalue weighted by atomic mass is 10.2. The van der Waals surface area contributed by atoms with Crippen molar-refractivity contribution in [2.75, 3.05) is 39.8 Å². The van der Waals surface area contributed by atoms with Gasteiger partial charge in [0.05, 0.1) is 24.9 Å². The second kappa shape index (κ2) is 12.7. The smallest absolute Gasteiger partial charge is 0.277 e. The van der Waals surface area contributed by atoms with E-state index in [-0.39, 0.29) is 30.4 Å². The van der Waals surface area contributed by atoms with E-state index in [1.165, 1.54) is 18.7 Å². The third kappa shape index (κ3) is 5.90. The summed E-state index contributed by atoms with van der Waals surface area (Å²) in [7, 11) is 1.61. The molecule has 5 rings (SSSR count). The Hall–Kier alpha value is -2.72. The third-order valence-corrected chi connectivity index (χ3v) is 7.21. The fourth-order valence-corrected chi connectivity index (χ4v) is 5.34. The molecule has 9 nitrogen and oxygen atoms in total. The molecule has 0 unspecified atom stereocenters. The molecule has 1 saturated heterocycles. The number of piperazine rings is 1. The van der Waals surface area contributed by atoms with Crippen molar-refractivity contribution in [1.29, 1.82) is 0 Å². The molecule has 11 heteroatoms. The first kappa shape index (κ1) is 28.8. The third-order valence-electron chi connectivity index (χ3n) is 7.21. The summed E-state index contributed by atoms with van der Waals surface area (Å²) >= 11 is 0. The number of hydrogen-bond acceptors (Lipinski definition) is 5. The predicted molar refractivity (Wildman–Crippen MR) is 134 cm³/mol. The maximum atomic E-state index is 13.6. The van der Waals surface area contributed by atoms with E-state index in [1.54, 1.807) is 16.9 Å². The quantitative estimate of drug-likeness (QED) is 0.229. The van der Waals surface area contributed by atoms with E-state index in [2.05, 4.69) is 22.1 Å². The number of imidazole rings is 1. The van der Waals surface area contributed by atoms with Crippen LogP contribution >= 0.6 is 0 Å². The lowest BCUT2D eigenvalue weighted by Gasteiger charge is -2.29. The molecule has 0 spiro atoms. The molecule has 0 radical (unpaired) electrons. The summed E-state index contributed by atoms with van der Waals surface area (Å²) < 4.78 is 9.19. The Kier molecular flexibility index (Phi) is 9.89. The minimum Gasteiger partial charge on any atom is -1.00 e. The summed E-state index contributed by atoms with van der Waals surface area (Å²) in [6, 6.07) is 8.00. The van der Waals surface area contributed by atoms with E-state index in [4.69, 9.17) is 9.72 Å². The zero-order chi connectivity index (χ0) is 24.4. The van der Waals surface area contributed by atoms with Crippen LogP contribution in [0.2, 0.25) is 0 Å². The maximum Gasteiger partial charge on any atom is 0.277 e. The van der Waals surface area contributed by atoms with Crippen molar-refractivity contribution >= 4 is 16.7 Å². The van der Waals surface area contributed by atoms with Crippen LogP contribution in [0.1, 0.15) is 30.4 Å². The predicted octanol–water partition coefficient (Wildman–Crippen LogP) is -6.30. The summed E-state index contributed by atoms with van der Waals surface area (Å²) in [5, 5.41) is 0. The van der Waals surface area contributed by atoms with E-state index < -0.39 is 0 Å². The van der Waals surface area contributed by atoms with Crippen molar-refractivity contribution in [2.45, 2.75) is 39.8 Å². The van der Waals surface area contributed by atoms with Crippen molar-refractivity contribution in [3.8, 4) is 5.88 Å². The Morgan fingerprint density at radius 1 is 1.00 bits per heavy atom. The lowest BCUT2D eigenvalue weighted by Crippen LogP contribution is -3.27. The lowest BCUT2D eigenvalue weighted by molar-refractivity contribution is -1.02. The van der Waals surface area contributed by atoms with Crippen molar-refractivity contribution < 1.29 is 39.4 Å². The van der Waals surface area contributed by atoms with Crippen molar-refractivity contribution in [2.24, 2.45) is 0 Å². The van der Waals surface area contributed by atoms with Gasteiger partial charge in [-0.15, -0.1) is 0 Å². The molecule has 200 valence electrons. The highest BCUT2D eigenvalue weighted by molar-refractivity contribution is 5.77. The fraction of sp³-hybridized carbons (Fsp3) is 0.462. The van der Waals surface area contributed by atoms with Crippen LogP contribution in [0.15, 0.2) is 41.5 Å². The summed E-state index contributed by atoms with van der Waals surface area (Å²) in [5.41, 5.74) is 4.30. The van der Waals surface area contributed by atoms with Crippen molar-refractivity contribution in [3.05, 3.63) is 64.1 Å². The van der Waals surface area contributed by atoms with Gasteiger partial charge >= 0.3 is 0 Å². The number of methoxy groups -OCH3 is 1. The van der Waals surface area contributed by atoms with Crippen molar-refractivity contribution in [3.63, 3.8) is 0 Å². The number of ether oxygens (including phenoxy) is 1. The molecule has 4 aromatic heterocycles. The molecule has 0 aromatic carbocycles. The van der Waals surface area contributed by atoms with E-state index >= 15 is 0 Å². The molecule has 1 aliphatic rings. The topological polar surface area (TPSA) is 83.2 Å². The average molecular weight is 549 g/mol. The van der Waals surface area contributed by atoms with Gasteiger partial charge in [-0.25, -0.2) is 4.98 Å². The van der Waals surface area contributed by atoms with Crippen molar-refractivity contribution in [1.82, 2.24) is 23.9 Å². The number of fused-ring (bicyclic) bond motifs is 3. The molecular formula is C26H35Cl2N7O2. The molecular weight excluding hydrogens is 513 g/mol. The van der Waals surface area contributed by atoms with E-state index in [9.17, 15) is 4.79 Å². The number of aryl methyl sites for hydroxylation is 3. The highest BCUT2D eigenvalue weighted by Gasteiger charge is 2.23. The standard InChI is InChI=1S/C26H33N7O2.2ClH/c1-4-22-28-19(2)24-26(34)32(21-6-7-23(35-3)29-25(21)33(22)24)13-5-12-30-14-16-31(17-15-30)18-20-8-10-27-11-9-20;;/h6-11H,4-5,12-18H2,1-3H3;2*1H. The van der Waals surface area contributed by atoms with Gasteiger partial charge in [-0.05, 0) is 25.1 Å². The Bertz CT molecular complexity index is 1380. The second-order valence-corrected chi connectivity index (χ2v) is 9.44. The first-order chi connectivity index (χ1) is 17.1. The fourth-order valence-electron chi connectivity index (χ4n) is 5.34. The largest absolute Gasteiger partial charge is 1.00 e. The van der Waals surface area contributed by atoms with Crippen LogP contribution in [-0.2, 0) is 19.5 Å². The minimum atomic E-state index is 0. The van der Waals surface area contributed by atoms with Gasteiger partial charge in [0.2, 0.25) is 5.88 Å². The number of quaternary nitrogens is 2. The Labute approximate surface area is 229 Å². The average Bonchev–Trinajstić information content (AvgIpc) is 3.24. The molecule has 2 N–H and O–H groups in total. The van der Waals surface area contributed by atoms with Gasteiger partial charge in [0.1, 0.15) is 44.1 Å². The van der Waals surface area contributed by atoms with Gasteiger partial charge in [0, 0.05) is 43.4 Å². The molecule has 0 atom stereocenters. The summed E-state index contributed by atoms with van der Waals surface area (Å²) in [5.74, 6) is 1.39. The molecule has 1 fully saturated rings. The van der Waals surface area contributed by atoms with Crippen LogP contribution in [0.25, 0.3) is 16.7 Å². The summed E-state index contributed by atoms with van der Waals surface area (Å²) in [6.07, 6.45) is 5.42. The molecule has 5 heterocycles. The SMILES string of the molecule is CCc1nc(C)c2c(=O)n(CCC[NH+]3CC[NH+](Cc4ccncc4)CC3)c3ccc(OC)nc3n12.[Cl-].[Cl-]. The number of hydrogen-bond donors (Lipinski definition) is 2. The zero-order valence-corrected chi connectivity index (χ0v) is 23.1. The van der Waals surface area contributed by atoms with Gasteiger partial charge in [-0.2, -0.15) is 4.98 Å². The van der Waals surface area contributed by atoms with E-state index in [0.717, 1.165) is 61.7 Å². The molecule has 37 heavy (non-hydrogen) atoms. The maximum absolute atomic E-state index is 13.6. The van der Waals surface area contributed by atoms with Gasteiger partial charge in [0.15, 0.2) is 5.65 Å². The molecule has 0 bridgehead atoms. The van der Waals surface area contributed by atoms with E-state index in [0.29, 0.717) is 17.9 Å². The summed E-state index contributed by atoms with van der Waals surface area (Å²) in [6.45, 7) is 11.4. The Morgan fingerprint density at radius 3 is 2.38 bits per heavy atom. The van der Waals surface area contributed by atoms with Crippen LogP contribution < -0.4 is 44.9 Å². The Morgan fingerprint density at radius 2 is 1.70 bits per heavy atom. The first-order valence-electron chi connectivity index (χ1n) is 12.6. The first-order valence-corrected chi connectivity index (χ1v) is 12.6. The highest BCUT2D eigenvalue weighted by Crippen LogP contribution is 2.20. The minimum absolute atomic E-state index is 0.